The highest BCUT2D eigenvalue weighted by atomic mass is 16.5. The van der Waals surface area contributed by atoms with E-state index in [0.717, 1.165) is 13.1 Å². The SMILES string of the molecule is O=c1n(CCN2CCOC(CO)C2)nc2ccccn12. The lowest BCUT2D eigenvalue weighted by Crippen LogP contribution is -2.45. The van der Waals surface area contributed by atoms with E-state index in [2.05, 4.69) is 10.00 Å². The third kappa shape index (κ3) is 2.60. The average molecular weight is 278 g/mol. The maximum Gasteiger partial charge on any atom is 0.350 e. The molecule has 1 unspecified atom stereocenters. The summed E-state index contributed by atoms with van der Waals surface area (Å²) in [4.78, 5) is 14.3. The molecule has 3 heterocycles. The molecule has 0 bridgehead atoms. The van der Waals surface area contributed by atoms with Gasteiger partial charge in [-0.3, -0.25) is 9.30 Å². The van der Waals surface area contributed by atoms with Gasteiger partial charge >= 0.3 is 5.69 Å². The molecule has 1 saturated heterocycles. The van der Waals surface area contributed by atoms with Crippen LogP contribution in [0.4, 0.5) is 0 Å². The number of nitrogens with zero attached hydrogens (tertiary/aromatic N) is 4. The van der Waals surface area contributed by atoms with Crippen molar-refractivity contribution in [3.8, 4) is 0 Å². The quantitative estimate of drug-likeness (QED) is 0.792. The monoisotopic (exact) mass is 278 g/mol. The lowest BCUT2D eigenvalue weighted by atomic mass is 10.3. The summed E-state index contributed by atoms with van der Waals surface area (Å²) < 4.78 is 8.42. The van der Waals surface area contributed by atoms with Crippen LogP contribution in [0.1, 0.15) is 0 Å². The molecule has 2 aromatic heterocycles. The molecular formula is C13H18N4O3. The van der Waals surface area contributed by atoms with Crippen LogP contribution in [0.25, 0.3) is 5.65 Å². The average Bonchev–Trinajstić information content (AvgIpc) is 2.82. The van der Waals surface area contributed by atoms with Crippen molar-refractivity contribution < 1.29 is 9.84 Å². The summed E-state index contributed by atoms with van der Waals surface area (Å²) >= 11 is 0. The van der Waals surface area contributed by atoms with Crippen LogP contribution in [0.2, 0.25) is 0 Å². The van der Waals surface area contributed by atoms with Crippen molar-refractivity contribution in [3.05, 3.63) is 34.9 Å². The van der Waals surface area contributed by atoms with Crippen molar-refractivity contribution in [2.45, 2.75) is 12.6 Å². The molecule has 7 heteroatoms. The summed E-state index contributed by atoms with van der Waals surface area (Å²) in [6.07, 6.45) is 1.60. The number of morpholine rings is 1. The van der Waals surface area contributed by atoms with E-state index < -0.39 is 0 Å². The molecule has 0 saturated carbocycles. The molecule has 20 heavy (non-hydrogen) atoms. The molecule has 1 fully saturated rings. The highest BCUT2D eigenvalue weighted by Crippen LogP contribution is 2.04. The van der Waals surface area contributed by atoms with E-state index in [1.165, 1.54) is 9.08 Å². The minimum Gasteiger partial charge on any atom is -0.394 e. The van der Waals surface area contributed by atoms with Crippen LogP contribution < -0.4 is 5.69 Å². The number of aliphatic hydroxyl groups is 1. The van der Waals surface area contributed by atoms with Gasteiger partial charge in [-0.05, 0) is 12.1 Å². The van der Waals surface area contributed by atoms with Gasteiger partial charge in [-0.25, -0.2) is 9.48 Å². The third-order valence-electron chi connectivity index (χ3n) is 3.54. The summed E-state index contributed by atoms with van der Waals surface area (Å²) in [6.45, 7) is 3.43. The fourth-order valence-corrected chi connectivity index (χ4v) is 2.44. The maximum absolute atomic E-state index is 12.1. The Morgan fingerprint density at radius 3 is 3.10 bits per heavy atom. The van der Waals surface area contributed by atoms with Crippen molar-refractivity contribution >= 4 is 5.65 Å². The van der Waals surface area contributed by atoms with Crippen LogP contribution >= 0.6 is 0 Å². The minimum absolute atomic E-state index is 0.0326. The first-order valence-corrected chi connectivity index (χ1v) is 6.77. The molecule has 1 aliphatic heterocycles. The largest absolute Gasteiger partial charge is 0.394 e. The maximum atomic E-state index is 12.1. The number of ether oxygens (including phenoxy) is 1. The molecule has 1 N–H and O–H groups in total. The number of pyridine rings is 1. The summed E-state index contributed by atoms with van der Waals surface area (Å²) in [5.41, 5.74) is 0.542. The van der Waals surface area contributed by atoms with Crippen LogP contribution in [-0.2, 0) is 11.3 Å². The van der Waals surface area contributed by atoms with Crippen LogP contribution in [0.5, 0.6) is 0 Å². The first kappa shape index (κ1) is 13.3. The van der Waals surface area contributed by atoms with Gasteiger partial charge in [0.15, 0.2) is 5.65 Å². The van der Waals surface area contributed by atoms with E-state index in [-0.39, 0.29) is 18.4 Å². The Balaban J connectivity index is 1.68. The van der Waals surface area contributed by atoms with Gasteiger partial charge in [0.2, 0.25) is 0 Å². The van der Waals surface area contributed by atoms with Gasteiger partial charge in [-0.1, -0.05) is 6.07 Å². The summed E-state index contributed by atoms with van der Waals surface area (Å²) in [7, 11) is 0. The van der Waals surface area contributed by atoms with E-state index in [0.29, 0.717) is 25.3 Å². The van der Waals surface area contributed by atoms with Crippen LogP contribution in [0.3, 0.4) is 0 Å². The van der Waals surface area contributed by atoms with Gasteiger partial charge in [0.05, 0.1) is 25.9 Å². The van der Waals surface area contributed by atoms with Crippen LogP contribution in [0, 0.1) is 0 Å². The van der Waals surface area contributed by atoms with Crippen molar-refractivity contribution in [2.24, 2.45) is 0 Å². The molecule has 0 radical (unpaired) electrons. The molecule has 7 nitrogen and oxygen atoms in total. The molecule has 1 atom stereocenters. The Bertz CT molecular complexity index is 636. The van der Waals surface area contributed by atoms with E-state index in [1.54, 1.807) is 6.20 Å². The summed E-state index contributed by atoms with van der Waals surface area (Å²) in [5.74, 6) is 0. The van der Waals surface area contributed by atoms with Gasteiger partial charge in [-0.2, -0.15) is 0 Å². The molecule has 2 aromatic rings. The van der Waals surface area contributed by atoms with Gasteiger partial charge in [0.25, 0.3) is 0 Å². The predicted molar refractivity (Wildman–Crippen MR) is 72.7 cm³/mol. The molecule has 108 valence electrons. The fraction of sp³-hybridized carbons (Fsp3) is 0.538. The van der Waals surface area contributed by atoms with E-state index in [4.69, 9.17) is 9.84 Å². The Kier molecular flexibility index (Phi) is 3.81. The Morgan fingerprint density at radius 1 is 1.40 bits per heavy atom. The van der Waals surface area contributed by atoms with E-state index in [9.17, 15) is 4.79 Å². The second-order valence-electron chi connectivity index (χ2n) is 4.91. The van der Waals surface area contributed by atoms with E-state index >= 15 is 0 Å². The topological polar surface area (TPSA) is 72.0 Å². The molecule has 0 spiro atoms. The first-order valence-electron chi connectivity index (χ1n) is 6.77. The number of hydrogen-bond acceptors (Lipinski definition) is 5. The standard InChI is InChI=1S/C13H18N4O3/c18-10-11-9-15(7-8-20-11)5-6-17-13(19)16-4-2-1-3-12(16)14-17/h1-4,11,18H,5-10H2. The van der Waals surface area contributed by atoms with Gasteiger partial charge in [-0.15, -0.1) is 5.10 Å². The second kappa shape index (κ2) is 5.74. The number of hydrogen-bond donors (Lipinski definition) is 1. The Hall–Kier alpha value is -1.70. The fourth-order valence-electron chi connectivity index (χ4n) is 2.44. The summed E-state index contributed by atoms with van der Waals surface area (Å²) in [5, 5.41) is 13.4. The van der Waals surface area contributed by atoms with Gasteiger partial charge in [0, 0.05) is 25.8 Å². The highest BCUT2D eigenvalue weighted by Gasteiger charge is 2.19. The highest BCUT2D eigenvalue weighted by molar-refractivity contribution is 5.35. The van der Waals surface area contributed by atoms with Crippen molar-refractivity contribution in [1.82, 2.24) is 19.1 Å². The Labute approximate surface area is 116 Å². The zero-order chi connectivity index (χ0) is 13.9. The molecule has 0 amide bonds. The zero-order valence-electron chi connectivity index (χ0n) is 11.2. The molecule has 0 aliphatic carbocycles. The lowest BCUT2D eigenvalue weighted by molar-refractivity contribution is -0.0535. The zero-order valence-corrected chi connectivity index (χ0v) is 11.2. The summed E-state index contributed by atoms with van der Waals surface area (Å²) in [6, 6.07) is 5.49. The molecule has 1 aliphatic rings. The van der Waals surface area contributed by atoms with Gasteiger partial charge < -0.3 is 9.84 Å². The number of aromatic nitrogens is 3. The minimum atomic E-state index is -0.124. The van der Waals surface area contributed by atoms with Crippen molar-refractivity contribution in [3.63, 3.8) is 0 Å². The normalized spacial score (nSPS) is 20.6. The van der Waals surface area contributed by atoms with Crippen molar-refractivity contribution in [1.29, 1.82) is 0 Å². The first-order chi connectivity index (χ1) is 9.78. The second-order valence-corrected chi connectivity index (χ2v) is 4.91. The van der Waals surface area contributed by atoms with Crippen LogP contribution in [0.15, 0.2) is 29.2 Å². The number of rotatable bonds is 4. The van der Waals surface area contributed by atoms with Crippen LogP contribution in [-0.4, -0.2) is 63.1 Å². The number of fused-ring (bicyclic) bond motifs is 1. The third-order valence-corrected chi connectivity index (χ3v) is 3.54. The predicted octanol–water partition coefficient (Wildman–Crippen LogP) is -0.811. The molecule has 3 rings (SSSR count). The van der Waals surface area contributed by atoms with Crippen molar-refractivity contribution in [2.75, 3.05) is 32.8 Å². The molecular weight excluding hydrogens is 260 g/mol. The molecule has 0 aromatic carbocycles. The lowest BCUT2D eigenvalue weighted by Gasteiger charge is -2.31. The Morgan fingerprint density at radius 2 is 2.30 bits per heavy atom. The smallest absolute Gasteiger partial charge is 0.350 e. The van der Waals surface area contributed by atoms with Gasteiger partial charge in [0.1, 0.15) is 0 Å². The van der Waals surface area contributed by atoms with E-state index in [1.807, 2.05) is 18.2 Å². The number of aliphatic hydroxyl groups excluding tert-OH is 1.